The van der Waals surface area contributed by atoms with Crippen LogP contribution < -0.4 is 0 Å². The highest BCUT2D eigenvalue weighted by molar-refractivity contribution is 5.79. The Morgan fingerprint density at radius 3 is 2.82 bits per heavy atom. The second-order valence-corrected chi connectivity index (χ2v) is 7.01. The van der Waals surface area contributed by atoms with Crippen molar-refractivity contribution in [3.8, 4) is 0 Å². The van der Waals surface area contributed by atoms with Gasteiger partial charge in [0.1, 0.15) is 12.7 Å². The van der Waals surface area contributed by atoms with Gasteiger partial charge in [-0.3, -0.25) is 4.79 Å². The number of allylic oxidation sites excluding steroid dienone is 2. The molecule has 0 radical (unpaired) electrons. The van der Waals surface area contributed by atoms with Gasteiger partial charge in [0, 0.05) is 0 Å². The minimum atomic E-state index is -0.813. The highest BCUT2D eigenvalue weighted by Gasteiger charge is 2.56. The normalized spacial score (nSPS) is 44.2. The summed E-state index contributed by atoms with van der Waals surface area (Å²) in [6, 6.07) is 0. The lowest BCUT2D eigenvalue weighted by molar-refractivity contribution is -0.191. The molecule has 6 atom stereocenters. The van der Waals surface area contributed by atoms with Gasteiger partial charge in [-0.2, -0.15) is 0 Å². The maximum absolute atomic E-state index is 12.2. The van der Waals surface area contributed by atoms with Crippen LogP contribution in [0, 0.1) is 17.8 Å². The molecule has 6 heteroatoms. The van der Waals surface area contributed by atoms with Gasteiger partial charge in [0.15, 0.2) is 18.0 Å². The Morgan fingerprint density at radius 1 is 1.32 bits per heavy atom. The minimum Gasteiger partial charge on any atom is -0.461 e. The van der Waals surface area contributed by atoms with Crippen LogP contribution in [0.1, 0.15) is 26.7 Å². The molecule has 2 aliphatic heterocycles. The van der Waals surface area contributed by atoms with Crippen LogP contribution in [0.5, 0.6) is 0 Å². The molecule has 0 aromatic rings. The molecule has 3 fully saturated rings. The van der Waals surface area contributed by atoms with Crippen LogP contribution in [-0.2, 0) is 28.5 Å². The smallest absolute Gasteiger partial charge is 0.338 e. The highest BCUT2D eigenvalue weighted by atomic mass is 16.8. The molecule has 4 rings (SSSR count). The van der Waals surface area contributed by atoms with Crippen molar-refractivity contribution in [1.82, 2.24) is 0 Å². The standard InChI is InChI=1S/C16H20O6/c1-16(2)21-12-11(20-15(18)13(12)22-16)7-19-14(17)10-6-8-3-4-9(10)5-8/h3-4,8-13H,5-7H2,1-2H3/t8?,9?,10?,11-,12-,13-/m1/s1. The van der Waals surface area contributed by atoms with Crippen LogP contribution in [0.25, 0.3) is 0 Å². The van der Waals surface area contributed by atoms with E-state index in [1.807, 2.05) is 0 Å². The Hall–Kier alpha value is -1.40. The first-order valence-electron chi connectivity index (χ1n) is 7.84. The molecule has 0 aromatic carbocycles. The second kappa shape index (κ2) is 4.80. The van der Waals surface area contributed by atoms with Crippen molar-refractivity contribution in [1.29, 1.82) is 0 Å². The van der Waals surface area contributed by atoms with E-state index < -0.39 is 30.1 Å². The summed E-state index contributed by atoms with van der Waals surface area (Å²) in [7, 11) is 0. The fraction of sp³-hybridized carbons (Fsp3) is 0.750. The molecule has 3 unspecified atom stereocenters. The van der Waals surface area contributed by atoms with E-state index in [1.54, 1.807) is 13.8 Å². The van der Waals surface area contributed by atoms with Crippen LogP contribution in [0.2, 0.25) is 0 Å². The lowest BCUT2D eigenvalue weighted by Crippen LogP contribution is -2.35. The summed E-state index contributed by atoms with van der Waals surface area (Å²) in [6.07, 6.45) is 4.40. The van der Waals surface area contributed by atoms with E-state index in [1.165, 1.54) is 0 Å². The van der Waals surface area contributed by atoms with Gasteiger partial charge in [-0.1, -0.05) is 12.2 Å². The molecule has 6 nitrogen and oxygen atoms in total. The minimum absolute atomic E-state index is 0.0305. The molecule has 2 aliphatic carbocycles. The Kier molecular flexibility index (Phi) is 3.10. The number of carbonyl (C=O) groups is 2. The summed E-state index contributed by atoms with van der Waals surface area (Å²) in [5.41, 5.74) is 0. The monoisotopic (exact) mass is 308 g/mol. The maximum atomic E-state index is 12.2. The van der Waals surface area contributed by atoms with E-state index >= 15 is 0 Å². The summed E-state index contributed by atoms with van der Waals surface area (Å²) in [5, 5.41) is 0. The molecule has 0 amide bonds. The fourth-order valence-electron chi connectivity index (χ4n) is 3.98. The van der Waals surface area contributed by atoms with E-state index in [9.17, 15) is 9.59 Å². The van der Waals surface area contributed by atoms with Gasteiger partial charge in [-0.05, 0) is 38.5 Å². The van der Waals surface area contributed by atoms with Crippen LogP contribution in [-0.4, -0.2) is 42.6 Å². The van der Waals surface area contributed by atoms with Gasteiger partial charge in [-0.25, -0.2) is 4.79 Å². The van der Waals surface area contributed by atoms with Crippen LogP contribution in [0.15, 0.2) is 12.2 Å². The highest BCUT2D eigenvalue weighted by Crippen LogP contribution is 2.44. The van der Waals surface area contributed by atoms with Gasteiger partial charge < -0.3 is 18.9 Å². The average Bonchev–Trinajstić information content (AvgIpc) is 3.19. The van der Waals surface area contributed by atoms with Gasteiger partial charge in [0.25, 0.3) is 0 Å². The number of esters is 2. The summed E-state index contributed by atoms with van der Waals surface area (Å²) >= 11 is 0. The van der Waals surface area contributed by atoms with Gasteiger partial charge in [-0.15, -0.1) is 0 Å². The van der Waals surface area contributed by atoms with Crippen molar-refractivity contribution in [3.63, 3.8) is 0 Å². The molecule has 2 heterocycles. The molecule has 2 saturated heterocycles. The lowest BCUT2D eigenvalue weighted by atomic mass is 9.94. The number of carbonyl (C=O) groups excluding carboxylic acids is 2. The first kappa shape index (κ1) is 14.2. The SMILES string of the molecule is CC1(C)O[C@@H]2[C@@H](COC(=O)C3CC4C=CC3C4)OC(=O)[C@@H]2O1. The number of ether oxygens (including phenoxy) is 4. The average molecular weight is 308 g/mol. The molecular formula is C16H20O6. The first-order valence-corrected chi connectivity index (χ1v) is 7.84. The third-order valence-corrected chi connectivity index (χ3v) is 4.97. The quantitative estimate of drug-likeness (QED) is 0.576. The van der Waals surface area contributed by atoms with Crippen molar-refractivity contribution in [2.24, 2.45) is 17.8 Å². The number of fused-ring (bicyclic) bond motifs is 3. The zero-order chi connectivity index (χ0) is 15.5. The molecule has 120 valence electrons. The first-order chi connectivity index (χ1) is 10.4. The number of hydrogen-bond acceptors (Lipinski definition) is 6. The molecule has 2 bridgehead atoms. The van der Waals surface area contributed by atoms with Crippen LogP contribution in [0.4, 0.5) is 0 Å². The lowest BCUT2D eigenvalue weighted by Gasteiger charge is -2.22. The zero-order valence-electron chi connectivity index (χ0n) is 12.7. The zero-order valence-corrected chi connectivity index (χ0v) is 12.7. The molecule has 1 saturated carbocycles. The van der Waals surface area contributed by atoms with Gasteiger partial charge >= 0.3 is 11.9 Å². The fourth-order valence-corrected chi connectivity index (χ4v) is 3.98. The molecule has 4 aliphatic rings. The summed E-state index contributed by atoms with van der Waals surface area (Å²) < 4.78 is 21.8. The predicted octanol–water partition coefficient (Wildman–Crippen LogP) is 1.19. The maximum Gasteiger partial charge on any atom is 0.338 e. The summed E-state index contributed by atoms with van der Waals surface area (Å²) in [4.78, 5) is 24.0. The Labute approximate surface area is 128 Å². The third kappa shape index (κ3) is 2.25. The molecule has 0 spiro atoms. The van der Waals surface area contributed by atoms with Gasteiger partial charge in [0.2, 0.25) is 0 Å². The summed E-state index contributed by atoms with van der Waals surface area (Å²) in [5.74, 6) is -0.689. The van der Waals surface area contributed by atoms with Crippen LogP contribution >= 0.6 is 0 Å². The number of rotatable bonds is 3. The van der Waals surface area contributed by atoms with E-state index in [2.05, 4.69) is 12.2 Å². The number of hydrogen-bond donors (Lipinski definition) is 0. The number of cyclic esters (lactones) is 1. The Balaban J connectivity index is 1.35. The van der Waals surface area contributed by atoms with Crippen molar-refractivity contribution in [2.45, 2.75) is 50.8 Å². The molecule has 0 aromatic heterocycles. The third-order valence-electron chi connectivity index (χ3n) is 4.97. The second-order valence-electron chi connectivity index (χ2n) is 7.01. The van der Waals surface area contributed by atoms with Crippen LogP contribution in [0.3, 0.4) is 0 Å². The van der Waals surface area contributed by atoms with Crippen molar-refractivity contribution in [3.05, 3.63) is 12.2 Å². The summed E-state index contributed by atoms with van der Waals surface area (Å²) in [6.45, 7) is 3.54. The van der Waals surface area contributed by atoms with E-state index in [4.69, 9.17) is 18.9 Å². The predicted molar refractivity (Wildman–Crippen MR) is 73.5 cm³/mol. The molecule has 0 N–H and O–H groups in total. The van der Waals surface area contributed by atoms with Crippen molar-refractivity contribution in [2.75, 3.05) is 6.61 Å². The van der Waals surface area contributed by atoms with E-state index in [0.717, 1.165) is 12.8 Å². The molecule has 22 heavy (non-hydrogen) atoms. The Morgan fingerprint density at radius 2 is 2.14 bits per heavy atom. The van der Waals surface area contributed by atoms with Crippen molar-refractivity contribution >= 4 is 11.9 Å². The topological polar surface area (TPSA) is 71.1 Å². The van der Waals surface area contributed by atoms with E-state index in [0.29, 0.717) is 11.8 Å². The van der Waals surface area contributed by atoms with Gasteiger partial charge in [0.05, 0.1) is 5.92 Å². The Bertz CT molecular complexity index is 539. The molecular weight excluding hydrogens is 288 g/mol. The largest absolute Gasteiger partial charge is 0.461 e. The van der Waals surface area contributed by atoms with E-state index in [-0.39, 0.29) is 18.5 Å². The van der Waals surface area contributed by atoms with Crippen molar-refractivity contribution < 1.29 is 28.5 Å².